The highest BCUT2D eigenvalue weighted by Gasteiger charge is 2.19. The summed E-state index contributed by atoms with van der Waals surface area (Å²) in [4.78, 5) is 0. The van der Waals surface area contributed by atoms with Crippen LogP contribution in [-0.2, 0) is 13.4 Å². The van der Waals surface area contributed by atoms with Crippen molar-refractivity contribution in [2.45, 2.75) is 27.1 Å². The SMILES string of the molecule is [2H]C([2H])(c1cc[n+](C)c(-c2ccc3c(oc4cc5ccccc5cc43)c2C)c1)C(C)C. The van der Waals surface area contributed by atoms with E-state index in [4.69, 9.17) is 7.16 Å². The zero-order valence-electron chi connectivity index (χ0n) is 19.3. The fraction of sp³-hybridized carbons (Fsp3) is 0.222. The van der Waals surface area contributed by atoms with Crippen LogP contribution >= 0.6 is 0 Å². The van der Waals surface area contributed by atoms with Crippen molar-refractivity contribution in [2.24, 2.45) is 13.0 Å². The van der Waals surface area contributed by atoms with Crippen LogP contribution in [-0.4, -0.2) is 0 Å². The van der Waals surface area contributed by atoms with E-state index in [0.29, 0.717) is 5.56 Å². The molecule has 0 saturated carbocycles. The lowest BCUT2D eigenvalue weighted by Crippen LogP contribution is -2.30. The minimum absolute atomic E-state index is 0.110. The van der Waals surface area contributed by atoms with Gasteiger partial charge in [-0.25, -0.2) is 4.57 Å². The van der Waals surface area contributed by atoms with Crippen LogP contribution < -0.4 is 4.57 Å². The quantitative estimate of drug-likeness (QED) is 0.316. The highest BCUT2D eigenvalue weighted by atomic mass is 16.3. The van der Waals surface area contributed by atoms with Crippen LogP contribution in [0.3, 0.4) is 0 Å². The van der Waals surface area contributed by atoms with Gasteiger partial charge in [-0.2, -0.15) is 0 Å². The van der Waals surface area contributed by atoms with Crippen LogP contribution in [0, 0.1) is 12.8 Å². The average molecular weight is 383 g/mol. The molecule has 0 radical (unpaired) electrons. The molecule has 0 spiro atoms. The number of nitrogens with zero attached hydrogens (tertiary/aromatic N) is 1. The molecule has 5 rings (SSSR count). The number of benzene rings is 3. The molecule has 0 saturated heterocycles. The van der Waals surface area contributed by atoms with Gasteiger partial charge in [0.05, 0.1) is 5.56 Å². The molecule has 144 valence electrons. The zero-order valence-corrected chi connectivity index (χ0v) is 17.3. The Morgan fingerprint density at radius 3 is 2.48 bits per heavy atom. The maximum absolute atomic E-state index is 8.52. The minimum Gasteiger partial charge on any atom is -0.456 e. The van der Waals surface area contributed by atoms with Crippen molar-refractivity contribution in [1.82, 2.24) is 0 Å². The first-order valence-corrected chi connectivity index (χ1v) is 10.1. The summed E-state index contributed by atoms with van der Waals surface area (Å²) in [6.45, 7) is 5.92. The summed E-state index contributed by atoms with van der Waals surface area (Å²) >= 11 is 0. The molecule has 3 aromatic carbocycles. The summed E-state index contributed by atoms with van der Waals surface area (Å²) in [6, 6.07) is 20.8. The molecule has 0 amide bonds. The number of hydrogen-bond acceptors (Lipinski definition) is 1. The van der Waals surface area contributed by atoms with Crippen molar-refractivity contribution in [3.05, 3.63) is 78.0 Å². The maximum atomic E-state index is 8.52. The first-order valence-electron chi connectivity index (χ1n) is 11.1. The molecule has 0 aliphatic rings. The smallest absolute Gasteiger partial charge is 0.212 e. The number of fused-ring (bicyclic) bond motifs is 4. The first-order chi connectivity index (χ1) is 14.8. The van der Waals surface area contributed by atoms with E-state index in [-0.39, 0.29) is 5.92 Å². The van der Waals surface area contributed by atoms with Crippen molar-refractivity contribution in [2.75, 3.05) is 0 Å². The van der Waals surface area contributed by atoms with Crippen molar-refractivity contribution in [3.63, 3.8) is 0 Å². The standard InChI is InChI=1S/C27H26NO/c1-17(2)13-19-11-12-28(4)25(14-19)22-9-10-23-24-15-20-7-5-6-8-21(20)16-26(24)29-27(23)18(22)3/h5-12,14-17H,13H2,1-4H3/q+1/i13D2. The summed E-state index contributed by atoms with van der Waals surface area (Å²) in [5.74, 6) is -0.110. The highest BCUT2D eigenvalue weighted by molar-refractivity contribution is 6.11. The monoisotopic (exact) mass is 382 g/mol. The van der Waals surface area contributed by atoms with Crippen molar-refractivity contribution >= 4 is 32.7 Å². The van der Waals surface area contributed by atoms with E-state index >= 15 is 0 Å². The normalized spacial score (nSPS) is 13.4. The Kier molecular flexibility index (Phi) is 3.66. The van der Waals surface area contributed by atoms with Crippen LogP contribution in [0.5, 0.6) is 0 Å². The third kappa shape index (κ3) is 3.00. The second-order valence-electron chi connectivity index (χ2n) is 8.12. The molecule has 5 aromatic rings. The fourth-order valence-corrected chi connectivity index (χ4v) is 4.20. The van der Waals surface area contributed by atoms with E-state index in [0.717, 1.165) is 38.8 Å². The van der Waals surface area contributed by atoms with E-state index in [1.165, 1.54) is 10.8 Å². The Balaban J connectivity index is 1.74. The van der Waals surface area contributed by atoms with Gasteiger partial charge in [0.15, 0.2) is 6.20 Å². The fourth-order valence-electron chi connectivity index (χ4n) is 4.20. The van der Waals surface area contributed by atoms with Gasteiger partial charge < -0.3 is 4.42 Å². The van der Waals surface area contributed by atoms with Gasteiger partial charge in [0.2, 0.25) is 5.69 Å². The number of aromatic nitrogens is 1. The third-order valence-corrected chi connectivity index (χ3v) is 5.64. The van der Waals surface area contributed by atoms with E-state index in [2.05, 4.69) is 49.4 Å². The lowest BCUT2D eigenvalue weighted by molar-refractivity contribution is -0.660. The van der Waals surface area contributed by atoms with Crippen LogP contribution in [0.15, 0.2) is 71.3 Å². The Hall–Kier alpha value is -3.13. The molecule has 2 nitrogen and oxygen atoms in total. The summed E-state index contributed by atoms with van der Waals surface area (Å²) in [7, 11) is 2.00. The number of furan rings is 1. The predicted molar refractivity (Wildman–Crippen MR) is 121 cm³/mol. The highest BCUT2D eigenvalue weighted by Crippen LogP contribution is 2.37. The van der Waals surface area contributed by atoms with Crippen LogP contribution in [0.4, 0.5) is 0 Å². The molecule has 0 atom stereocenters. The van der Waals surface area contributed by atoms with Crippen molar-refractivity contribution in [3.8, 4) is 11.3 Å². The van der Waals surface area contributed by atoms with Crippen molar-refractivity contribution in [1.29, 1.82) is 0 Å². The third-order valence-electron chi connectivity index (χ3n) is 5.64. The second-order valence-corrected chi connectivity index (χ2v) is 8.12. The molecule has 2 aromatic heterocycles. The van der Waals surface area contributed by atoms with Crippen molar-refractivity contribution < 1.29 is 11.7 Å². The van der Waals surface area contributed by atoms with Crippen LogP contribution in [0.1, 0.15) is 27.7 Å². The molecule has 0 bridgehead atoms. The molecular weight excluding hydrogens is 354 g/mol. The molecule has 2 heteroatoms. The molecule has 0 unspecified atom stereocenters. The van der Waals surface area contributed by atoms with Gasteiger partial charge in [-0.05, 0) is 59.8 Å². The lowest BCUT2D eigenvalue weighted by Gasteiger charge is -2.08. The topological polar surface area (TPSA) is 17.0 Å². The van der Waals surface area contributed by atoms with Gasteiger partial charge in [0.25, 0.3) is 0 Å². The number of hydrogen-bond donors (Lipinski definition) is 0. The molecular formula is C27H26NO+. The number of rotatable bonds is 3. The molecule has 0 fully saturated rings. The van der Waals surface area contributed by atoms with E-state index in [1.807, 2.05) is 49.9 Å². The molecule has 29 heavy (non-hydrogen) atoms. The van der Waals surface area contributed by atoms with E-state index < -0.39 is 6.37 Å². The molecule has 2 heterocycles. The molecule has 0 N–H and O–H groups in total. The summed E-state index contributed by atoms with van der Waals surface area (Å²) < 4.78 is 25.4. The summed E-state index contributed by atoms with van der Waals surface area (Å²) in [6.07, 6.45) is 0.556. The van der Waals surface area contributed by atoms with Gasteiger partial charge in [-0.1, -0.05) is 38.1 Å². The van der Waals surface area contributed by atoms with E-state index in [9.17, 15) is 0 Å². The van der Waals surface area contributed by atoms with Gasteiger partial charge in [0, 0.05) is 31.2 Å². The van der Waals surface area contributed by atoms with Crippen LogP contribution in [0.25, 0.3) is 44.0 Å². The Bertz CT molecular complexity index is 1460. The average Bonchev–Trinajstić information content (AvgIpc) is 3.11. The number of aryl methyl sites for hydroxylation is 2. The maximum Gasteiger partial charge on any atom is 0.212 e. The van der Waals surface area contributed by atoms with Gasteiger partial charge in [0.1, 0.15) is 18.2 Å². The summed E-state index contributed by atoms with van der Waals surface area (Å²) in [5, 5.41) is 4.60. The predicted octanol–water partition coefficient (Wildman–Crippen LogP) is 6.74. The Morgan fingerprint density at radius 2 is 1.72 bits per heavy atom. The second kappa shape index (κ2) is 6.73. The minimum atomic E-state index is -1.39. The molecule has 0 aliphatic heterocycles. The zero-order chi connectivity index (χ0) is 21.9. The Morgan fingerprint density at radius 1 is 0.966 bits per heavy atom. The summed E-state index contributed by atoms with van der Waals surface area (Å²) in [5.41, 5.74) is 5.58. The van der Waals surface area contributed by atoms with Gasteiger partial charge >= 0.3 is 0 Å². The van der Waals surface area contributed by atoms with E-state index in [1.54, 1.807) is 0 Å². The van der Waals surface area contributed by atoms with Crippen LogP contribution in [0.2, 0.25) is 0 Å². The Labute approximate surface area is 174 Å². The first kappa shape index (κ1) is 15.8. The van der Waals surface area contributed by atoms with Gasteiger partial charge in [-0.3, -0.25) is 0 Å². The lowest BCUT2D eigenvalue weighted by atomic mass is 9.97. The van der Waals surface area contributed by atoms with Gasteiger partial charge in [-0.15, -0.1) is 0 Å². The number of pyridine rings is 1. The molecule has 0 aliphatic carbocycles. The largest absolute Gasteiger partial charge is 0.456 e.